The molecule has 24 heavy (non-hydrogen) atoms. The number of thioether (sulfide) groups is 1. The molecule has 0 saturated carbocycles. The van der Waals surface area contributed by atoms with Crippen molar-refractivity contribution in [1.82, 2.24) is 10.2 Å². The number of ether oxygens (including phenoxy) is 1. The average molecular weight is 343 g/mol. The second-order valence-electron chi connectivity index (χ2n) is 4.82. The number of nitrogens with zero attached hydrogens (tertiary/aromatic N) is 3. The summed E-state index contributed by atoms with van der Waals surface area (Å²) in [7, 11) is 1.63. The first-order valence-corrected chi connectivity index (χ1v) is 7.98. The zero-order valence-corrected chi connectivity index (χ0v) is 13.5. The van der Waals surface area contributed by atoms with Gasteiger partial charge in [-0.1, -0.05) is 23.9 Å². The Morgan fingerprint density at radius 3 is 2.71 bits per heavy atom. The van der Waals surface area contributed by atoms with E-state index in [-0.39, 0.29) is 5.69 Å². The van der Waals surface area contributed by atoms with Crippen LogP contribution in [0.1, 0.15) is 5.56 Å². The van der Waals surface area contributed by atoms with Gasteiger partial charge in [0.25, 0.3) is 10.9 Å². The summed E-state index contributed by atoms with van der Waals surface area (Å²) in [6, 6.07) is 13.7. The minimum absolute atomic E-state index is 0.0193. The predicted molar refractivity (Wildman–Crippen MR) is 88.9 cm³/mol. The third-order valence-corrected chi connectivity index (χ3v) is 4.12. The van der Waals surface area contributed by atoms with Crippen LogP contribution in [-0.2, 0) is 5.75 Å². The summed E-state index contributed by atoms with van der Waals surface area (Å²) in [6.07, 6.45) is 0. The molecule has 0 radical (unpaired) electrons. The first kappa shape index (κ1) is 16.0. The highest BCUT2D eigenvalue weighted by Gasteiger charge is 2.11. The SMILES string of the molecule is COc1cccc(CSc2nnc(-c3ccc([N+](=O)[O-])cc3)o2)c1. The minimum Gasteiger partial charge on any atom is -0.497 e. The lowest BCUT2D eigenvalue weighted by Gasteiger charge is -2.02. The van der Waals surface area contributed by atoms with Crippen LogP contribution in [0.2, 0.25) is 0 Å². The summed E-state index contributed by atoms with van der Waals surface area (Å²) in [5.74, 6) is 1.79. The summed E-state index contributed by atoms with van der Waals surface area (Å²) in [4.78, 5) is 10.2. The van der Waals surface area contributed by atoms with Gasteiger partial charge in [-0.15, -0.1) is 10.2 Å². The van der Waals surface area contributed by atoms with E-state index in [1.165, 1.54) is 23.9 Å². The topological polar surface area (TPSA) is 91.3 Å². The molecule has 0 atom stereocenters. The molecular formula is C16H13N3O4S. The second-order valence-corrected chi connectivity index (χ2v) is 5.74. The van der Waals surface area contributed by atoms with E-state index < -0.39 is 4.92 Å². The van der Waals surface area contributed by atoms with Crippen molar-refractivity contribution >= 4 is 17.4 Å². The summed E-state index contributed by atoms with van der Waals surface area (Å²) in [6.45, 7) is 0. The van der Waals surface area contributed by atoms with E-state index in [9.17, 15) is 10.1 Å². The Hall–Kier alpha value is -2.87. The van der Waals surface area contributed by atoms with E-state index >= 15 is 0 Å². The largest absolute Gasteiger partial charge is 0.497 e. The first-order valence-electron chi connectivity index (χ1n) is 7.00. The molecule has 1 heterocycles. The van der Waals surface area contributed by atoms with Crippen LogP contribution in [0.5, 0.6) is 5.75 Å². The fourth-order valence-electron chi connectivity index (χ4n) is 2.02. The molecule has 0 aliphatic carbocycles. The van der Waals surface area contributed by atoms with Crippen LogP contribution in [0.15, 0.2) is 58.2 Å². The molecule has 0 aliphatic heterocycles. The molecule has 0 unspecified atom stereocenters. The molecule has 0 bridgehead atoms. The van der Waals surface area contributed by atoms with Crippen molar-refractivity contribution in [3.63, 3.8) is 0 Å². The molecule has 7 nitrogen and oxygen atoms in total. The van der Waals surface area contributed by atoms with E-state index in [2.05, 4.69) is 10.2 Å². The normalized spacial score (nSPS) is 10.5. The van der Waals surface area contributed by atoms with Crippen LogP contribution in [0.3, 0.4) is 0 Å². The van der Waals surface area contributed by atoms with E-state index in [1.54, 1.807) is 19.2 Å². The zero-order chi connectivity index (χ0) is 16.9. The van der Waals surface area contributed by atoms with Gasteiger partial charge in [-0.25, -0.2) is 0 Å². The molecule has 0 aliphatic rings. The highest BCUT2D eigenvalue weighted by molar-refractivity contribution is 7.98. The number of hydrogen-bond donors (Lipinski definition) is 0. The number of methoxy groups -OCH3 is 1. The molecule has 0 N–H and O–H groups in total. The van der Waals surface area contributed by atoms with Gasteiger partial charge in [0.2, 0.25) is 5.89 Å². The van der Waals surface area contributed by atoms with Crippen LogP contribution in [-0.4, -0.2) is 22.2 Å². The number of benzene rings is 2. The molecule has 0 spiro atoms. The Balaban J connectivity index is 1.67. The standard InChI is InChI=1S/C16H13N3O4S/c1-22-14-4-2-3-11(9-14)10-24-16-18-17-15(23-16)12-5-7-13(8-6-12)19(20)21/h2-9H,10H2,1H3. The Labute approximate surface area is 141 Å². The number of nitro groups is 1. The fraction of sp³-hybridized carbons (Fsp3) is 0.125. The van der Waals surface area contributed by atoms with Gasteiger partial charge in [-0.3, -0.25) is 10.1 Å². The van der Waals surface area contributed by atoms with E-state index in [1.807, 2.05) is 24.3 Å². The summed E-state index contributed by atoms with van der Waals surface area (Å²) in [5, 5.41) is 19.1. The minimum atomic E-state index is -0.451. The molecule has 0 amide bonds. The van der Waals surface area contributed by atoms with Gasteiger partial charge < -0.3 is 9.15 Å². The highest BCUT2D eigenvalue weighted by Crippen LogP contribution is 2.27. The Bertz CT molecular complexity index is 849. The van der Waals surface area contributed by atoms with Crippen LogP contribution in [0, 0.1) is 10.1 Å². The fourth-order valence-corrected chi connectivity index (χ4v) is 2.72. The smallest absolute Gasteiger partial charge is 0.277 e. The third-order valence-electron chi connectivity index (χ3n) is 3.23. The number of hydrogen-bond acceptors (Lipinski definition) is 7. The number of nitro benzene ring substituents is 1. The molecule has 1 aromatic heterocycles. The average Bonchev–Trinajstić information content (AvgIpc) is 3.09. The monoisotopic (exact) mass is 343 g/mol. The van der Waals surface area contributed by atoms with Gasteiger partial charge in [-0.2, -0.15) is 0 Å². The molecule has 3 rings (SSSR count). The maximum Gasteiger partial charge on any atom is 0.277 e. The van der Waals surface area contributed by atoms with Crippen molar-refractivity contribution in [2.24, 2.45) is 0 Å². The van der Waals surface area contributed by atoms with Crippen LogP contribution in [0.25, 0.3) is 11.5 Å². The number of non-ortho nitro benzene ring substituents is 1. The molecule has 2 aromatic carbocycles. The molecular weight excluding hydrogens is 330 g/mol. The van der Waals surface area contributed by atoms with Gasteiger partial charge in [0.1, 0.15) is 5.75 Å². The van der Waals surface area contributed by atoms with E-state index in [0.717, 1.165) is 11.3 Å². The molecule has 0 saturated heterocycles. The van der Waals surface area contributed by atoms with Crippen LogP contribution >= 0.6 is 11.8 Å². The van der Waals surface area contributed by atoms with Crippen molar-refractivity contribution in [2.45, 2.75) is 11.0 Å². The quantitative estimate of drug-likeness (QED) is 0.380. The zero-order valence-electron chi connectivity index (χ0n) is 12.7. The Morgan fingerprint density at radius 2 is 2.00 bits per heavy atom. The molecule has 122 valence electrons. The van der Waals surface area contributed by atoms with Gasteiger partial charge in [0.05, 0.1) is 12.0 Å². The van der Waals surface area contributed by atoms with Gasteiger partial charge in [0, 0.05) is 23.4 Å². The summed E-state index contributed by atoms with van der Waals surface area (Å²) < 4.78 is 10.8. The number of rotatable bonds is 6. The first-order chi connectivity index (χ1) is 11.7. The molecule has 3 aromatic rings. The van der Waals surface area contributed by atoms with E-state index in [0.29, 0.717) is 22.4 Å². The van der Waals surface area contributed by atoms with Crippen LogP contribution in [0.4, 0.5) is 5.69 Å². The van der Waals surface area contributed by atoms with Gasteiger partial charge >= 0.3 is 0 Å². The maximum absolute atomic E-state index is 10.7. The molecule has 8 heteroatoms. The van der Waals surface area contributed by atoms with Crippen molar-refractivity contribution in [1.29, 1.82) is 0 Å². The lowest BCUT2D eigenvalue weighted by Crippen LogP contribution is -1.87. The lowest BCUT2D eigenvalue weighted by molar-refractivity contribution is -0.384. The number of aromatic nitrogens is 2. The van der Waals surface area contributed by atoms with Crippen LogP contribution < -0.4 is 4.74 Å². The van der Waals surface area contributed by atoms with Crippen molar-refractivity contribution < 1.29 is 14.1 Å². The Kier molecular flexibility index (Phi) is 4.76. The molecule has 0 fully saturated rings. The van der Waals surface area contributed by atoms with Crippen molar-refractivity contribution in [3.05, 3.63) is 64.2 Å². The summed E-state index contributed by atoms with van der Waals surface area (Å²) in [5.41, 5.74) is 1.74. The lowest BCUT2D eigenvalue weighted by atomic mass is 10.2. The highest BCUT2D eigenvalue weighted by atomic mass is 32.2. The summed E-state index contributed by atoms with van der Waals surface area (Å²) >= 11 is 1.41. The maximum atomic E-state index is 10.7. The van der Waals surface area contributed by atoms with E-state index in [4.69, 9.17) is 9.15 Å². The Morgan fingerprint density at radius 1 is 1.21 bits per heavy atom. The second kappa shape index (κ2) is 7.14. The predicted octanol–water partition coefficient (Wildman–Crippen LogP) is 3.95. The third kappa shape index (κ3) is 3.72. The van der Waals surface area contributed by atoms with Crippen molar-refractivity contribution in [2.75, 3.05) is 7.11 Å². The van der Waals surface area contributed by atoms with Gasteiger partial charge in [0.15, 0.2) is 0 Å². The van der Waals surface area contributed by atoms with Gasteiger partial charge in [-0.05, 0) is 29.8 Å². The van der Waals surface area contributed by atoms with Crippen molar-refractivity contribution in [3.8, 4) is 17.2 Å².